The lowest BCUT2D eigenvalue weighted by atomic mass is 10.6. The van der Waals surface area contributed by atoms with E-state index in [1.54, 1.807) is 23.4 Å². The minimum atomic E-state index is 0.120. The minimum Gasteiger partial charge on any atom is -0.395 e. The van der Waals surface area contributed by atoms with Crippen LogP contribution in [0.1, 0.15) is 0 Å². The summed E-state index contributed by atoms with van der Waals surface area (Å²) in [4.78, 5) is 9.79. The number of likely N-dealkylation sites (N-methyl/N-ethyl adjacent to an activating group) is 1. The van der Waals surface area contributed by atoms with E-state index in [9.17, 15) is 0 Å². The second kappa shape index (κ2) is 3.88. The van der Waals surface area contributed by atoms with Crippen LogP contribution in [0.2, 0.25) is 0 Å². The van der Waals surface area contributed by atoms with Crippen LogP contribution in [0.25, 0.3) is 0 Å². The van der Waals surface area contributed by atoms with E-state index in [0.29, 0.717) is 12.5 Å². The third-order valence-corrected chi connectivity index (χ3v) is 1.33. The van der Waals surface area contributed by atoms with Gasteiger partial charge in [0.2, 0.25) is 5.95 Å². The van der Waals surface area contributed by atoms with Gasteiger partial charge >= 0.3 is 0 Å². The van der Waals surface area contributed by atoms with Gasteiger partial charge in [-0.25, -0.2) is 9.97 Å². The van der Waals surface area contributed by atoms with Crippen molar-refractivity contribution in [1.82, 2.24) is 9.97 Å². The van der Waals surface area contributed by atoms with Gasteiger partial charge in [-0.15, -0.1) is 0 Å². The molecule has 0 atom stereocenters. The van der Waals surface area contributed by atoms with Crippen molar-refractivity contribution in [3.8, 4) is 0 Å². The van der Waals surface area contributed by atoms with Crippen LogP contribution in [0.5, 0.6) is 0 Å². The molecule has 0 unspecified atom stereocenters. The normalized spacial score (nSPS) is 9.64. The summed E-state index contributed by atoms with van der Waals surface area (Å²) in [6.07, 6.45) is 3.35. The van der Waals surface area contributed by atoms with Gasteiger partial charge in [-0.05, 0) is 6.07 Å². The molecule has 1 N–H and O–H groups in total. The molecule has 1 aromatic heterocycles. The van der Waals surface area contributed by atoms with Crippen LogP contribution >= 0.6 is 0 Å². The SMILES string of the molecule is CN(CCO)c1ncccn1. The molecule has 1 rings (SSSR count). The molecule has 1 aromatic rings. The minimum absolute atomic E-state index is 0.120. The van der Waals surface area contributed by atoms with Crippen LogP contribution in [-0.2, 0) is 0 Å². The van der Waals surface area contributed by atoms with Crippen molar-refractivity contribution >= 4 is 5.95 Å². The quantitative estimate of drug-likeness (QED) is 0.659. The largest absolute Gasteiger partial charge is 0.395 e. The first-order valence-corrected chi connectivity index (χ1v) is 3.43. The topological polar surface area (TPSA) is 49.2 Å². The number of rotatable bonds is 3. The van der Waals surface area contributed by atoms with Gasteiger partial charge in [-0.3, -0.25) is 0 Å². The van der Waals surface area contributed by atoms with Crippen LogP contribution in [-0.4, -0.2) is 35.3 Å². The molecular weight excluding hydrogens is 142 g/mol. The molecule has 0 aliphatic rings. The molecule has 0 radical (unpaired) electrons. The number of aliphatic hydroxyl groups excluding tert-OH is 1. The average Bonchev–Trinajstić information content (AvgIpc) is 2.07. The molecular formula is C7H11N3O. The van der Waals surface area contributed by atoms with Crippen LogP contribution in [0.3, 0.4) is 0 Å². The predicted octanol–water partition coefficient (Wildman–Crippen LogP) is -0.0949. The zero-order chi connectivity index (χ0) is 8.10. The zero-order valence-electron chi connectivity index (χ0n) is 6.44. The Hall–Kier alpha value is -1.16. The Morgan fingerprint density at radius 3 is 2.64 bits per heavy atom. The third-order valence-electron chi connectivity index (χ3n) is 1.33. The first kappa shape index (κ1) is 7.94. The van der Waals surface area contributed by atoms with E-state index in [0.717, 1.165) is 0 Å². The first-order chi connectivity index (χ1) is 5.34. The summed E-state index contributed by atoms with van der Waals surface area (Å²) in [6.45, 7) is 0.679. The highest BCUT2D eigenvalue weighted by Gasteiger charge is 1.99. The molecule has 4 heteroatoms. The molecule has 60 valence electrons. The average molecular weight is 153 g/mol. The number of hydrogen-bond acceptors (Lipinski definition) is 4. The molecule has 0 aliphatic heterocycles. The molecule has 0 fully saturated rings. The molecule has 1 heterocycles. The smallest absolute Gasteiger partial charge is 0.225 e. The number of anilines is 1. The standard InChI is InChI=1S/C7H11N3O/c1-10(5-6-11)7-8-3-2-4-9-7/h2-4,11H,5-6H2,1H3. The van der Waals surface area contributed by atoms with Gasteiger partial charge in [0.25, 0.3) is 0 Å². The second-order valence-electron chi connectivity index (χ2n) is 2.19. The van der Waals surface area contributed by atoms with Crippen LogP contribution in [0, 0.1) is 0 Å². The summed E-state index contributed by atoms with van der Waals surface area (Å²) >= 11 is 0. The van der Waals surface area contributed by atoms with Gasteiger partial charge in [0.1, 0.15) is 0 Å². The molecule has 0 amide bonds. The molecule has 11 heavy (non-hydrogen) atoms. The maximum absolute atomic E-state index is 8.60. The van der Waals surface area contributed by atoms with Crippen LogP contribution < -0.4 is 4.90 Å². The van der Waals surface area contributed by atoms with E-state index in [1.807, 2.05) is 7.05 Å². The van der Waals surface area contributed by atoms with E-state index in [2.05, 4.69) is 9.97 Å². The highest BCUT2D eigenvalue weighted by molar-refractivity contribution is 5.25. The zero-order valence-corrected chi connectivity index (χ0v) is 6.44. The first-order valence-electron chi connectivity index (χ1n) is 3.43. The van der Waals surface area contributed by atoms with Gasteiger partial charge in [0.05, 0.1) is 6.61 Å². The summed E-state index contributed by atoms with van der Waals surface area (Å²) in [5.41, 5.74) is 0. The van der Waals surface area contributed by atoms with Gasteiger partial charge in [-0.1, -0.05) is 0 Å². The fourth-order valence-electron chi connectivity index (χ4n) is 0.738. The predicted molar refractivity (Wildman–Crippen MR) is 42.4 cm³/mol. The molecule has 4 nitrogen and oxygen atoms in total. The Bertz CT molecular complexity index is 202. The lowest BCUT2D eigenvalue weighted by molar-refractivity contribution is 0.303. The third kappa shape index (κ3) is 2.16. The van der Waals surface area contributed by atoms with E-state index < -0.39 is 0 Å². The van der Waals surface area contributed by atoms with Crippen molar-refractivity contribution in [2.45, 2.75) is 0 Å². The van der Waals surface area contributed by atoms with Crippen molar-refractivity contribution in [2.75, 3.05) is 25.1 Å². The Kier molecular flexibility index (Phi) is 2.80. The summed E-state index contributed by atoms with van der Waals surface area (Å²) in [7, 11) is 1.84. The fourth-order valence-corrected chi connectivity index (χ4v) is 0.738. The van der Waals surface area contributed by atoms with Crippen molar-refractivity contribution in [3.05, 3.63) is 18.5 Å². The van der Waals surface area contributed by atoms with E-state index in [-0.39, 0.29) is 6.61 Å². The van der Waals surface area contributed by atoms with E-state index >= 15 is 0 Å². The molecule has 0 spiro atoms. The fraction of sp³-hybridized carbons (Fsp3) is 0.429. The van der Waals surface area contributed by atoms with Crippen molar-refractivity contribution in [1.29, 1.82) is 0 Å². The maximum Gasteiger partial charge on any atom is 0.225 e. The Morgan fingerprint density at radius 2 is 2.09 bits per heavy atom. The number of aromatic nitrogens is 2. The molecule has 0 aliphatic carbocycles. The lowest BCUT2D eigenvalue weighted by Gasteiger charge is -2.13. The second-order valence-corrected chi connectivity index (χ2v) is 2.19. The number of aliphatic hydroxyl groups is 1. The van der Waals surface area contributed by atoms with Gasteiger partial charge in [0.15, 0.2) is 0 Å². The molecule has 0 aromatic carbocycles. The van der Waals surface area contributed by atoms with Crippen molar-refractivity contribution in [3.63, 3.8) is 0 Å². The number of nitrogens with zero attached hydrogens (tertiary/aromatic N) is 3. The summed E-state index contributed by atoms with van der Waals surface area (Å²) in [5, 5.41) is 8.60. The Labute approximate surface area is 65.5 Å². The summed E-state index contributed by atoms with van der Waals surface area (Å²) < 4.78 is 0. The summed E-state index contributed by atoms with van der Waals surface area (Å²) in [5.74, 6) is 0.640. The van der Waals surface area contributed by atoms with Gasteiger partial charge in [0, 0.05) is 26.0 Å². The molecule has 0 saturated carbocycles. The van der Waals surface area contributed by atoms with Crippen LogP contribution in [0.4, 0.5) is 5.95 Å². The van der Waals surface area contributed by atoms with Crippen molar-refractivity contribution in [2.24, 2.45) is 0 Å². The number of hydrogen-bond donors (Lipinski definition) is 1. The van der Waals surface area contributed by atoms with E-state index in [4.69, 9.17) is 5.11 Å². The van der Waals surface area contributed by atoms with Crippen molar-refractivity contribution < 1.29 is 5.11 Å². The Balaban J connectivity index is 2.61. The summed E-state index contributed by atoms with van der Waals surface area (Å²) in [6, 6.07) is 1.76. The molecule has 0 saturated heterocycles. The van der Waals surface area contributed by atoms with E-state index in [1.165, 1.54) is 0 Å². The highest BCUT2D eigenvalue weighted by Crippen LogP contribution is 1.99. The highest BCUT2D eigenvalue weighted by atomic mass is 16.3. The lowest BCUT2D eigenvalue weighted by Crippen LogP contribution is -2.22. The van der Waals surface area contributed by atoms with Crippen LogP contribution in [0.15, 0.2) is 18.5 Å². The molecule has 0 bridgehead atoms. The van der Waals surface area contributed by atoms with Gasteiger partial charge < -0.3 is 10.0 Å². The Morgan fingerprint density at radius 1 is 1.45 bits per heavy atom. The van der Waals surface area contributed by atoms with Gasteiger partial charge in [-0.2, -0.15) is 0 Å². The monoisotopic (exact) mass is 153 g/mol. The maximum atomic E-state index is 8.60.